The SMILES string of the molecule is COc1cc(/C=C2/SC(=NCc3ccccc3)N(Cc3ccccc3)C2=O)c(Br)c(Br)c1O. The maximum Gasteiger partial charge on any atom is 0.267 e. The van der Waals surface area contributed by atoms with Crippen molar-refractivity contribution in [1.82, 2.24) is 4.90 Å². The number of carbonyl (C=O) groups excluding carboxylic acids is 1. The van der Waals surface area contributed by atoms with Crippen LogP contribution in [0.2, 0.25) is 0 Å². The number of amides is 1. The molecular formula is C25H20Br2N2O3S. The lowest BCUT2D eigenvalue weighted by Crippen LogP contribution is -2.28. The van der Waals surface area contributed by atoms with Crippen LogP contribution in [-0.4, -0.2) is 28.2 Å². The van der Waals surface area contributed by atoms with Crippen molar-refractivity contribution >= 4 is 60.8 Å². The lowest BCUT2D eigenvalue weighted by atomic mass is 10.1. The van der Waals surface area contributed by atoms with Crippen LogP contribution in [0.3, 0.4) is 0 Å². The van der Waals surface area contributed by atoms with E-state index in [-0.39, 0.29) is 11.7 Å². The number of phenols is 1. The summed E-state index contributed by atoms with van der Waals surface area (Å²) < 4.78 is 6.36. The summed E-state index contributed by atoms with van der Waals surface area (Å²) in [6, 6.07) is 21.5. The number of phenolic OH excluding ortho intramolecular Hbond substituents is 1. The second kappa shape index (κ2) is 10.6. The van der Waals surface area contributed by atoms with Crippen LogP contribution in [0, 0.1) is 0 Å². The Morgan fingerprint density at radius 2 is 1.67 bits per heavy atom. The molecule has 0 spiro atoms. The highest BCUT2D eigenvalue weighted by atomic mass is 79.9. The minimum absolute atomic E-state index is 0.00672. The fourth-order valence-corrected chi connectivity index (χ4v) is 5.10. The van der Waals surface area contributed by atoms with Crippen molar-refractivity contribution in [1.29, 1.82) is 0 Å². The molecule has 1 aliphatic rings. The molecule has 0 aromatic heterocycles. The number of hydrogen-bond donors (Lipinski definition) is 1. The predicted octanol–water partition coefficient (Wildman–Crippen LogP) is 6.60. The van der Waals surface area contributed by atoms with Crippen LogP contribution in [0.5, 0.6) is 11.5 Å². The molecule has 33 heavy (non-hydrogen) atoms. The smallest absolute Gasteiger partial charge is 0.267 e. The highest BCUT2D eigenvalue weighted by Gasteiger charge is 2.33. The highest BCUT2D eigenvalue weighted by Crippen LogP contribution is 2.43. The van der Waals surface area contributed by atoms with Crippen LogP contribution in [0.4, 0.5) is 0 Å². The summed E-state index contributed by atoms with van der Waals surface area (Å²) in [5, 5.41) is 10.9. The van der Waals surface area contributed by atoms with Gasteiger partial charge in [-0.05, 0) is 72.5 Å². The quantitative estimate of drug-likeness (QED) is 0.330. The summed E-state index contributed by atoms with van der Waals surface area (Å²) >= 11 is 8.21. The van der Waals surface area contributed by atoms with Gasteiger partial charge in [-0.15, -0.1) is 0 Å². The number of halogens is 2. The summed E-state index contributed by atoms with van der Waals surface area (Å²) in [6.07, 6.45) is 1.78. The zero-order valence-corrected chi connectivity index (χ0v) is 21.7. The Bertz CT molecular complexity index is 1230. The van der Waals surface area contributed by atoms with E-state index in [2.05, 4.69) is 31.9 Å². The Labute approximate surface area is 213 Å². The van der Waals surface area contributed by atoms with Crippen LogP contribution >= 0.6 is 43.6 Å². The van der Waals surface area contributed by atoms with Gasteiger partial charge in [-0.1, -0.05) is 60.7 Å². The summed E-state index contributed by atoms with van der Waals surface area (Å²) in [7, 11) is 1.48. The second-order valence-electron chi connectivity index (χ2n) is 7.22. The van der Waals surface area contributed by atoms with E-state index >= 15 is 0 Å². The van der Waals surface area contributed by atoms with Crippen molar-refractivity contribution < 1.29 is 14.6 Å². The number of benzene rings is 3. The molecule has 1 saturated heterocycles. The third kappa shape index (κ3) is 5.34. The number of aliphatic imine (C=N–C) groups is 1. The van der Waals surface area contributed by atoms with E-state index < -0.39 is 0 Å². The number of nitrogens with zero attached hydrogens (tertiary/aromatic N) is 2. The van der Waals surface area contributed by atoms with Gasteiger partial charge in [0.1, 0.15) is 0 Å². The molecule has 3 aromatic rings. The van der Waals surface area contributed by atoms with Gasteiger partial charge in [0.05, 0.1) is 29.6 Å². The van der Waals surface area contributed by atoms with E-state index in [0.717, 1.165) is 11.1 Å². The normalized spacial score (nSPS) is 16.1. The average molecular weight is 588 g/mol. The van der Waals surface area contributed by atoms with E-state index in [1.807, 2.05) is 60.7 Å². The van der Waals surface area contributed by atoms with Crippen molar-refractivity contribution in [3.8, 4) is 11.5 Å². The number of ether oxygens (including phenoxy) is 1. The first-order valence-electron chi connectivity index (χ1n) is 10.1. The number of thioether (sulfide) groups is 1. The number of methoxy groups -OCH3 is 1. The Morgan fingerprint density at radius 1 is 1.03 bits per heavy atom. The van der Waals surface area contributed by atoms with E-state index in [9.17, 15) is 9.90 Å². The van der Waals surface area contributed by atoms with Gasteiger partial charge in [0.2, 0.25) is 0 Å². The number of amidine groups is 1. The zero-order chi connectivity index (χ0) is 23.4. The van der Waals surface area contributed by atoms with Crippen molar-refractivity contribution in [2.45, 2.75) is 13.1 Å². The van der Waals surface area contributed by atoms with E-state index in [0.29, 0.717) is 43.4 Å². The standard InChI is InChI=1S/C25H20Br2N2O3S/c1-32-19-12-18(21(26)22(27)23(19)30)13-20-24(31)29(15-17-10-6-3-7-11-17)25(33-20)28-14-16-8-4-2-5-9-16/h2-13,30H,14-15H2,1H3/b20-13+,28-25?. The average Bonchev–Trinajstić information content (AvgIpc) is 3.13. The summed E-state index contributed by atoms with van der Waals surface area (Å²) in [5.74, 6) is 0.185. The molecule has 1 fully saturated rings. The lowest BCUT2D eigenvalue weighted by molar-refractivity contribution is -0.122. The van der Waals surface area contributed by atoms with Gasteiger partial charge >= 0.3 is 0 Å². The van der Waals surface area contributed by atoms with Gasteiger partial charge in [-0.3, -0.25) is 14.7 Å². The zero-order valence-electron chi connectivity index (χ0n) is 17.7. The third-order valence-electron chi connectivity index (χ3n) is 4.99. The molecule has 0 unspecified atom stereocenters. The van der Waals surface area contributed by atoms with Crippen LogP contribution < -0.4 is 4.74 Å². The van der Waals surface area contributed by atoms with Crippen molar-refractivity contribution in [3.05, 3.63) is 97.3 Å². The minimum atomic E-state index is -0.120. The molecule has 168 valence electrons. The molecular weight excluding hydrogens is 568 g/mol. The van der Waals surface area contributed by atoms with Gasteiger partial charge in [0.15, 0.2) is 16.7 Å². The van der Waals surface area contributed by atoms with E-state index in [1.165, 1.54) is 18.9 Å². The van der Waals surface area contributed by atoms with E-state index in [1.54, 1.807) is 17.0 Å². The van der Waals surface area contributed by atoms with Crippen molar-refractivity contribution in [2.75, 3.05) is 7.11 Å². The molecule has 3 aromatic carbocycles. The molecule has 0 atom stereocenters. The monoisotopic (exact) mass is 586 g/mol. The fraction of sp³-hybridized carbons (Fsp3) is 0.120. The number of hydrogen-bond acceptors (Lipinski definition) is 5. The molecule has 1 N–H and O–H groups in total. The molecule has 4 rings (SSSR count). The largest absolute Gasteiger partial charge is 0.503 e. The summed E-state index contributed by atoms with van der Waals surface area (Å²) in [4.78, 5) is 20.4. The van der Waals surface area contributed by atoms with Gasteiger partial charge < -0.3 is 9.84 Å². The lowest BCUT2D eigenvalue weighted by Gasteiger charge is -2.15. The topological polar surface area (TPSA) is 62.1 Å². The van der Waals surface area contributed by atoms with Crippen LogP contribution in [-0.2, 0) is 17.9 Å². The van der Waals surface area contributed by atoms with Gasteiger partial charge in [-0.25, -0.2) is 0 Å². The molecule has 0 radical (unpaired) electrons. The Kier molecular flexibility index (Phi) is 7.57. The predicted molar refractivity (Wildman–Crippen MR) is 140 cm³/mol. The van der Waals surface area contributed by atoms with Crippen molar-refractivity contribution in [2.24, 2.45) is 4.99 Å². The van der Waals surface area contributed by atoms with Gasteiger partial charge in [-0.2, -0.15) is 0 Å². The fourth-order valence-electron chi connectivity index (χ4n) is 3.29. The Morgan fingerprint density at radius 3 is 2.30 bits per heavy atom. The van der Waals surface area contributed by atoms with Crippen LogP contribution in [0.15, 0.2) is 85.6 Å². The van der Waals surface area contributed by atoms with Crippen molar-refractivity contribution in [3.63, 3.8) is 0 Å². The van der Waals surface area contributed by atoms with E-state index in [4.69, 9.17) is 9.73 Å². The molecule has 5 nitrogen and oxygen atoms in total. The minimum Gasteiger partial charge on any atom is -0.503 e. The first-order valence-corrected chi connectivity index (χ1v) is 12.5. The van der Waals surface area contributed by atoms with Crippen LogP contribution in [0.25, 0.3) is 6.08 Å². The first kappa shape index (κ1) is 23.6. The molecule has 1 amide bonds. The number of carbonyl (C=O) groups is 1. The number of rotatable bonds is 6. The highest BCUT2D eigenvalue weighted by molar-refractivity contribution is 9.13. The molecule has 1 aliphatic heterocycles. The first-order chi connectivity index (χ1) is 16.0. The molecule has 0 aliphatic carbocycles. The Balaban J connectivity index is 1.70. The Hall–Kier alpha value is -2.55. The third-order valence-corrected chi connectivity index (χ3v) is 8.19. The summed E-state index contributed by atoms with van der Waals surface area (Å²) in [6.45, 7) is 0.915. The molecule has 8 heteroatoms. The molecule has 0 bridgehead atoms. The second-order valence-corrected chi connectivity index (χ2v) is 9.81. The van der Waals surface area contributed by atoms with Crippen LogP contribution in [0.1, 0.15) is 16.7 Å². The van der Waals surface area contributed by atoms with Gasteiger partial charge in [0, 0.05) is 4.47 Å². The number of aromatic hydroxyl groups is 1. The van der Waals surface area contributed by atoms with Gasteiger partial charge in [0.25, 0.3) is 5.91 Å². The summed E-state index contributed by atoms with van der Waals surface area (Å²) in [5.41, 5.74) is 2.80. The molecule has 1 heterocycles. The maximum atomic E-state index is 13.4. The maximum absolute atomic E-state index is 13.4. The molecule has 0 saturated carbocycles.